The molecule has 1 aromatic heterocycles. The molecule has 2 fully saturated rings. The van der Waals surface area contributed by atoms with Crippen molar-refractivity contribution in [2.45, 2.75) is 37.5 Å². The fourth-order valence-corrected chi connectivity index (χ4v) is 4.87. The van der Waals surface area contributed by atoms with Crippen LogP contribution in [-0.2, 0) is 25.0 Å². The molecule has 1 aromatic rings. The van der Waals surface area contributed by atoms with Crippen LogP contribution in [0.2, 0.25) is 0 Å². The molecule has 0 spiro atoms. The summed E-state index contributed by atoms with van der Waals surface area (Å²) in [5.74, 6) is -0.771. The van der Waals surface area contributed by atoms with Gasteiger partial charge in [-0.2, -0.15) is 0 Å². The summed E-state index contributed by atoms with van der Waals surface area (Å²) in [5.41, 5.74) is -0.0575. The molecule has 8 heteroatoms. The first-order valence-electron chi connectivity index (χ1n) is 7.76. The molecule has 2 heterocycles. The number of amides is 2. The predicted octanol–water partition coefficient (Wildman–Crippen LogP) is 1.24. The summed E-state index contributed by atoms with van der Waals surface area (Å²) >= 11 is 1.65. The quantitative estimate of drug-likeness (QED) is 0.745. The van der Waals surface area contributed by atoms with Gasteiger partial charge in [-0.3, -0.25) is 14.5 Å². The second-order valence-corrected chi connectivity index (χ2v) is 9.06. The fourth-order valence-electron chi connectivity index (χ4n) is 2.82. The van der Waals surface area contributed by atoms with Crippen molar-refractivity contribution in [1.82, 2.24) is 9.62 Å². The zero-order valence-electron chi connectivity index (χ0n) is 12.8. The highest BCUT2D eigenvalue weighted by atomic mass is 32.2. The molecule has 3 rings (SSSR count). The molecule has 126 valence electrons. The summed E-state index contributed by atoms with van der Waals surface area (Å²) in [5, 5.41) is 2.00. The number of hydrogen-bond acceptors (Lipinski definition) is 5. The molecule has 0 atom stereocenters. The molecule has 2 amide bonds. The van der Waals surface area contributed by atoms with Crippen molar-refractivity contribution in [3.05, 3.63) is 22.4 Å². The summed E-state index contributed by atoms with van der Waals surface area (Å²) in [4.78, 5) is 25.7. The minimum atomic E-state index is -3.50. The average molecular weight is 356 g/mol. The minimum absolute atomic E-state index is 0.0565. The van der Waals surface area contributed by atoms with Crippen molar-refractivity contribution >= 4 is 33.2 Å². The fraction of sp³-hybridized carbons (Fsp3) is 0.600. The van der Waals surface area contributed by atoms with E-state index in [2.05, 4.69) is 4.72 Å². The van der Waals surface area contributed by atoms with Crippen LogP contribution in [0.4, 0.5) is 0 Å². The van der Waals surface area contributed by atoms with Crippen molar-refractivity contribution in [3.63, 3.8) is 0 Å². The van der Waals surface area contributed by atoms with E-state index in [9.17, 15) is 18.0 Å². The molecule has 1 saturated heterocycles. The van der Waals surface area contributed by atoms with Gasteiger partial charge in [-0.05, 0) is 30.7 Å². The molecule has 1 saturated carbocycles. The molecule has 2 aliphatic rings. The second-order valence-electron chi connectivity index (χ2n) is 6.19. The molecule has 6 nitrogen and oxygen atoms in total. The van der Waals surface area contributed by atoms with E-state index in [1.54, 1.807) is 11.3 Å². The highest BCUT2D eigenvalue weighted by Gasteiger charge is 2.45. The number of likely N-dealkylation sites (tertiary alicyclic amines) is 1. The second kappa shape index (κ2) is 6.33. The van der Waals surface area contributed by atoms with E-state index in [-0.39, 0.29) is 29.5 Å². The van der Waals surface area contributed by atoms with Gasteiger partial charge in [0.2, 0.25) is 21.8 Å². The van der Waals surface area contributed by atoms with Crippen LogP contribution in [0, 0.1) is 0 Å². The molecular formula is C15H20N2O4S2. The number of piperidine rings is 1. The first-order chi connectivity index (χ1) is 10.9. The maximum atomic E-state index is 12.2. The van der Waals surface area contributed by atoms with Crippen LogP contribution in [0.5, 0.6) is 0 Å². The van der Waals surface area contributed by atoms with Crippen LogP contribution in [0.3, 0.4) is 0 Å². The molecule has 0 radical (unpaired) electrons. The van der Waals surface area contributed by atoms with Gasteiger partial charge in [0.15, 0.2) is 0 Å². The Morgan fingerprint density at radius 3 is 2.48 bits per heavy atom. The average Bonchev–Trinajstić information content (AvgIpc) is 3.09. The summed E-state index contributed by atoms with van der Waals surface area (Å²) in [6, 6.07) is 4.01. The number of carbonyl (C=O) groups excluding carboxylic acids is 2. The lowest BCUT2D eigenvalue weighted by Gasteiger charge is -2.24. The van der Waals surface area contributed by atoms with E-state index in [1.165, 1.54) is 4.88 Å². The van der Waals surface area contributed by atoms with Crippen molar-refractivity contribution in [1.29, 1.82) is 0 Å². The van der Waals surface area contributed by atoms with Crippen LogP contribution in [0.25, 0.3) is 0 Å². The Hall–Kier alpha value is -1.25. The molecule has 1 aliphatic heterocycles. The Kier molecular flexibility index (Phi) is 4.57. The van der Waals surface area contributed by atoms with E-state index < -0.39 is 10.0 Å². The number of sulfonamides is 1. The lowest BCUT2D eigenvalue weighted by atomic mass is 10.1. The van der Waals surface area contributed by atoms with Crippen LogP contribution in [0.1, 0.15) is 37.0 Å². The van der Waals surface area contributed by atoms with E-state index in [1.807, 2.05) is 17.5 Å². The standard InChI is InChI=1S/C15H20N2O4S2/c18-13-4-1-5-14(19)17(13)8-10-23(20,21)16-11-15(6-7-15)12-3-2-9-22-12/h2-3,9,16H,1,4-8,10-11H2. The van der Waals surface area contributed by atoms with Gasteiger partial charge >= 0.3 is 0 Å². The number of hydrogen-bond donors (Lipinski definition) is 1. The Morgan fingerprint density at radius 2 is 1.91 bits per heavy atom. The molecule has 0 unspecified atom stereocenters. The highest BCUT2D eigenvalue weighted by molar-refractivity contribution is 7.89. The molecule has 0 aromatic carbocycles. The number of nitrogens with one attached hydrogen (secondary N) is 1. The number of rotatable bonds is 7. The van der Waals surface area contributed by atoms with Gasteiger partial charge < -0.3 is 0 Å². The van der Waals surface area contributed by atoms with Gasteiger partial charge in [0.1, 0.15) is 0 Å². The van der Waals surface area contributed by atoms with Crippen LogP contribution in [0.15, 0.2) is 17.5 Å². The van der Waals surface area contributed by atoms with E-state index in [4.69, 9.17) is 0 Å². The number of nitrogens with zero attached hydrogens (tertiary/aromatic N) is 1. The summed E-state index contributed by atoms with van der Waals surface area (Å²) in [6.45, 7) is 0.330. The van der Waals surface area contributed by atoms with Crippen LogP contribution in [-0.4, -0.2) is 44.0 Å². The number of carbonyl (C=O) groups is 2. The Labute approximate surface area is 139 Å². The minimum Gasteiger partial charge on any atom is -0.282 e. The zero-order chi connectivity index (χ0) is 16.5. The SMILES string of the molecule is O=C1CCCC(=O)N1CCS(=O)(=O)NCC1(c2cccs2)CC1. The number of imide groups is 1. The Morgan fingerprint density at radius 1 is 1.22 bits per heavy atom. The molecule has 0 bridgehead atoms. The third-order valence-corrected chi connectivity index (χ3v) is 6.92. The van der Waals surface area contributed by atoms with E-state index in [0.717, 1.165) is 17.7 Å². The van der Waals surface area contributed by atoms with Crippen molar-refractivity contribution < 1.29 is 18.0 Å². The van der Waals surface area contributed by atoms with Crippen molar-refractivity contribution in [2.24, 2.45) is 0 Å². The van der Waals surface area contributed by atoms with Crippen molar-refractivity contribution in [2.75, 3.05) is 18.8 Å². The topological polar surface area (TPSA) is 83.6 Å². The van der Waals surface area contributed by atoms with Crippen LogP contribution < -0.4 is 4.72 Å². The largest absolute Gasteiger partial charge is 0.282 e. The monoisotopic (exact) mass is 356 g/mol. The first-order valence-corrected chi connectivity index (χ1v) is 10.3. The Bertz CT molecular complexity index is 677. The maximum absolute atomic E-state index is 12.2. The molecule has 23 heavy (non-hydrogen) atoms. The lowest BCUT2D eigenvalue weighted by Crippen LogP contribution is -2.44. The molecule has 1 aliphatic carbocycles. The van der Waals surface area contributed by atoms with Gasteiger partial charge in [0.05, 0.1) is 5.75 Å². The van der Waals surface area contributed by atoms with Gasteiger partial charge in [-0.15, -0.1) is 11.3 Å². The van der Waals surface area contributed by atoms with E-state index in [0.29, 0.717) is 25.8 Å². The van der Waals surface area contributed by atoms with Crippen molar-refractivity contribution in [3.8, 4) is 0 Å². The maximum Gasteiger partial charge on any atom is 0.229 e. The van der Waals surface area contributed by atoms with Gasteiger partial charge in [-0.1, -0.05) is 6.07 Å². The normalized spacial score (nSPS) is 20.8. The predicted molar refractivity (Wildman–Crippen MR) is 87.6 cm³/mol. The molecule has 1 N–H and O–H groups in total. The summed E-state index contributed by atoms with van der Waals surface area (Å²) in [7, 11) is -3.50. The smallest absolute Gasteiger partial charge is 0.229 e. The first kappa shape index (κ1) is 16.6. The third kappa shape index (κ3) is 3.81. The van der Waals surface area contributed by atoms with Gasteiger partial charge in [0, 0.05) is 36.2 Å². The van der Waals surface area contributed by atoms with E-state index >= 15 is 0 Å². The van der Waals surface area contributed by atoms with Gasteiger partial charge in [0.25, 0.3) is 0 Å². The Balaban J connectivity index is 1.54. The summed E-state index contributed by atoms with van der Waals surface area (Å²) < 4.78 is 27.0. The lowest BCUT2D eigenvalue weighted by molar-refractivity contribution is -0.147. The summed E-state index contributed by atoms with van der Waals surface area (Å²) in [6.07, 6.45) is 3.17. The zero-order valence-corrected chi connectivity index (χ0v) is 14.4. The third-order valence-electron chi connectivity index (χ3n) is 4.49. The molecular weight excluding hydrogens is 336 g/mol. The highest BCUT2D eigenvalue weighted by Crippen LogP contribution is 2.49. The van der Waals surface area contributed by atoms with Crippen LogP contribution >= 0.6 is 11.3 Å². The number of thiophene rings is 1. The van der Waals surface area contributed by atoms with Gasteiger partial charge in [-0.25, -0.2) is 13.1 Å².